The average molecular weight is 281 g/mol. The zero-order chi connectivity index (χ0) is 15.2. The van der Waals surface area contributed by atoms with E-state index in [0.717, 1.165) is 11.8 Å². The molecule has 0 N–H and O–H groups in total. The van der Waals surface area contributed by atoms with Crippen LogP contribution >= 0.6 is 0 Å². The summed E-state index contributed by atoms with van der Waals surface area (Å²) in [4.78, 5) is 0. The van der Waals surface area contributed by atoms with Crippen LogP contribution in [-0.2, 0) is 0 Å². The van der Waals surface area contributed by atoms with Crippen molar-refractivity contribution in [1.82, 2.24) is 0 Å². The highest BCUT2D eigenvalue weighted by atomic mass is 14.3. The molecule has 0 aromatic heterocycles. The number of hydrogen-bond acceptors (Lipinski definition) is 0. The quantitative estimate of drug-likeness (QED) is 0.241. The second kappa shape index (κ2) is 13.7. The lowest BCUT2D eigenvalue weighted by Crippen LogP contribution is -2.17. The van der Waals surface area contributed by atoms with Gasteiger partial charge < -0.3 is 0 Å². The monoisotopic (exact) mass is 280 g/mol. The lowest BCUT2D eigenvalue weighted by atomic mass is 9.77. The Balaban J connectivity index is 4.54. The summed E-state index contributed by atoms with van der Waals surface area (Å²) < 4.78 is 0. The average Bonchev–Trinajstić information content (AvgIpc) is 2.47. The summed E-state index contributed by atoms with van der Waals surface area (Å²) in [6, 6.07) is 0. The molecule has 0 amide bonds. The Morgan fingerprint density at radius 1 is 0.800 bits per heavy atom. The van der Waals surface area contributed by atoms with Gasteiger partial charge in [0.1, 0.15) is 0 Å². The highest BCUT2D eigenvalue weighted by Gasteiger charge is 2.21. The van der Waals surface area contributed by atoms with Crippen molar-refractivity contribution in [3.05, 3.63) is 11.6 Å². The number of unbranched alkanes of at least 4 members (excludes halogenated alkanes) is 4. The van der Waals surface area contributed by atoms with Gasteiger partial charge >= 0.3 is 0 Å². The molecule has 0 aliphatic heterocycles. The summed E-state index contributed by atoms with van der Waals surface area (Å²) >= 11 is 0. The smallest absolute Gasteiger partial charge is 0.0178 e. The molecule has 0 saturated carbocycles. The maximum Gasteiger partial charge on any atom is -0.0178 e. The lowest BCUT2D eigenvalue weighted by Gasteiger charge is -2.29. The van der Waals surface area contributed by atoms with Gasteiger partial charge in [-0.3, -0.25) is 0 Å². The molecule has 0 rings (SSSR count). The molecule has 0 bridgehead atoms. The van der Waals surface area contributed by atoms with E-state index in [9.17, 15) is 0 Å². The minimum absolute atomic E-state index is 0.855. The van der Waals surface area contributed by atoms with Gasteiger partial charge in [0.25, 0.3) is 0 Å². The van der Waals surface area contributed by atoms with Gasteiger partial charge in [-0.15, -0.1) is 0 Å². The Hall–Kier alpha value is -0.260. The molecule has 120 valence electrons. The summed E-state index contributed by atoms with van der Waals surface area (Å²) in [6.45, 7) is 11.6. The van der Waals surface area contributed by atoms with Gasteiger partial charge in [0, 0.05) is 0 Å². The van der Waals surface area contributed by atoms with Crippen molar-refractivity contribution in [2.45, 2.75) is 105 Å². The van der Waals surface area contributed by atoms with E-state index < -0.39 is 0 Å². The second-order valence-electron chi connectivity index (χ2n) is 6.38. The first-order valence-electron chi connectivity index (χ1n) is 9.39. The molecular formula is C20H40. The van der Waals surface area contributed by atoms with E-state index >= 15 is 0 Å². The molecule has 0 aromatic carbocycles. The molecule has 0 aliphatic carbocycles. The first-order chi connectivity index (χ1) is 9.74. The van der Waals surface area contributed by atoms with E-state index in [2.05, 4.69) is 40.7 Å². The van der Waals surface area contributed by atoms with E-state index in [1.807, 2.05) is 0 Å². The van der Waals surface area contributed by atoms with Crippen molar-refractivity contribution in [3.63, 3.8) is 0 Å². The van der Waals surface area contributed by atoms with Crippen molar-refractivity contribution in [2.75, 3.05) is 0 Å². The first-order valence-corrected chi connectivity index (χ1v) is 9.39. The largest absolute Gasteiger partial charge is 0.0882 e. The fraction of sp³-hybridized carbons (Fsp3) is 0.900. The Morgan fingerprint density at radius 2 is 1.50 bits per heavy atom. The molecule has 0 radical (unpaired) electrons. The van der Waals surface area contributed by atoms with Gasteiger partial charge in [-0.05, 0) is 44.4 Å². The summed E-state index contributed by atoms with van der Waals surface area (Å²) in [5.74, 6) is 1.79. The van der Waals surface area contributed by atoms with Crippen LogP contribution in [0.1, 0.15) is 105 Å². The third-order valence-electron chi connectivity index (χ3n) is 4.76. The van der Waals surface area contributed by atoms with E-state index in [4.69, 9.17) is 0 Å². The molecule has 0 aromatic rings. The third kappa shape index (κ3) is 8.12. The predicted molar refractivity (Wildman–Crippen MR) is 94.2 cm³/mol. The van der Waals surface area contributed by atoms with Gasteiger partial charge in [-0.2, -0.15) is 0 Å². The highest BCUT2D eigenvalue weighted by Crippen LogP contribution is 2.34. The molecule has 0 spiro atoms. The van der Waals surface area contributed by atoms with Crippen LogP contribution in [-0.4, -0.2) is 0 Å². The number of hydrogen-bond donors (Lipinski definition) is 0. The van der Waals surface area contributed by atoms with Crippen molar-refractivity contribution in [1.29, 1.82) is 0 Å². The normalized spacial score (nSPS) is 15.3. The van der Waals surface area contributed by atoms with Crippen LogP contribution in [0.15, 0.2) is 11.6 Å². The minimum Gasteiger partial charge on any atom is -0.0882 e. The van der Waals surface area contributed by atoms with Gasteiger partial charge in [-0.25, -0.2) is 0 Å². The summed E-state index contributed by atoms with van der Waals surface area (Å²) in [5.41, 5.74) is 1.75. The standard InChI is InChI=1S/C20H40/c1-6-11-13-14-17-19(15-8-3)20(10-5)18(9-4)16-12-7-2/h9,19-20H,6-8,10-17H2,1-5H3. The van der Waals surface area contributed by atoms with Gasteiger partial charge in [0.05, 0.1) is 0 Å². The van der Waals surface area contributed by atoms with Crippen molar-refractivity contribution in [2.24, 2.45) is 11.8 Å². The summed E-state index contributed by atoms with van der Waals surface area (Å²) in [5, 5.41) is 0. The number of rotatable bonds is 13. The van der Waals surface area contributed by atoms with E-state index in [1.165, 1.54) is 70.6 Å². The van der Waals surface area contributed by atoms with E-state index in [-0.39, 0.29) is 0 Å². The molecule has 0 nitrogen and oxygen atoms in total. The van der Waals surface area contributed by atoms with Gasteiger partial charge in [0.15, 0.2) is 0 Å². The van der Waals surface area contributed by atoms with Crippen LogP contribution < -0.4 is 0 Å². The molecule has 0 fully saturated rings. The number of allylic oxidation sites excluding steroid dienone is 2. The maximum absolute atomic E-state index is 2.43. The van der Waals surface area contributed by atoms with Gasteiger partial charge in [0.2, 0.25) is 0 Å². The third-order valence-corrected chi connectivity index (χ3v) is 4.76. The maximum atomic E-state index is 2.43. The van der Waals surface area contributed by atoms with Gasteiger partial charge in [-0.1, -0.05) is 84.3 Å². The van der Waals surface area contributed by atoms with Crippen molar-refractivity contribution < 1.29 is 0 Å². The van der Waals surface area contributed by atoms with Crippen LogP contribution in [0.4, 0.5) is 0 Å². The molecule has 2 unspecified atom stereocenters. The Bertz CT molecular complexity index is 226. The SMILES string of the molecule is CC=C(CCCC)C(CC)C(CCC)CCCCCC. The summed E-state index contributed by atoms with van der Waals surface area (Å²) in [7, 11) is 0. The first kappa shape index (κ1) is 19.7. The topological polar surface area (TPSA) is 0 Å². The van der Waals surface area contributed by atoms with Crippen LogP contribution in [0.25, 0.3) is 0 Å². The van der Waals surface area contributed by atoms with Crippen molar-refractivity contribution >= 4 is 0 Å². The lowest BCUT2D eigenvalue weighted by molar-refractivity contribution is 0.304. The molecule has 20 heavy (non-hydrogen) atoms. The Kier molecular flexibility index (Phi) is 13.5. The summed E-state index contributed by atoms with van der Waals surface area (Å²) in [6.07, 6.45) is 17.7. The van der Waals surface area contributed by atoms with Crippen molar-refractivity contribution in [3.8, 4) is 0 Å². The minimum atomic E-state index is 0.855. The Labute approximate surface area is 129 Å². The van der Waals surface area contributed by atoms with Crippen LogP contribution in [0, 0.1) is 11.8 Å². The fourth-order valence-electron chi connectivity index (χ4n) is 3.57. The van der Waals surface area contributed by atoms with E-state index in [0.29, 0.717) is 0 Å². The zero-order valence-corrected chi connectivity index (χ0v) is 15.0. The van der Waals surface area contributed by atoms with Crippen LogP contribution in [0.5, 0.6) is 0 Å². The van der Waals surface area contributed by atoms with Crippen LogP contribution in [0.2, 0.25) is 0 Å². The molecular weight excluding hydrogens is 240 g/mol. The zero-order valence-electron chi connectivity index (χ0n) is 15.0. The Morgan fingerprint density at radius 3 is 2.00 bits per heavy atom. The molecule has 0 heteroatoms. The molecule has 0 aliphatic rings. The highest BCUT2D eigenvalue weighted by molar-refractivity contribution is 5.07. The van der Waals surface area contributed by atoms with Crippen LogP contribution in [0.3, 0.4) is 0 Å². The predicted octanol–water partition coefficient (Wildman–Crippen LogP) is 7.54. The van der Waals surface area contributed by atoms with E-state index in [1.54, 1.807) is 5.57 Å². The second-order valence-corrected chi connectivity index (χ2v) is 6.38. The molecule has 2 atom stereocenters. The molecule has 0 heterocycles. The molecule has 0 saturated heterocycles. The fourth-order valence-corrected chi connectivity index (χ4v) is 3.57.